The Morgan fingerprint density at radius 3 is 2.93 bits per heavy atom. The number of carbonyl (C=O) groups excluding carboxylic acids is 1. The summed E-state index contributed by atoms with van der Waals surface area (Å²) in [7, 11) is 0. The first-order valence-corrected chi connectivity index (χ1v) is 5.55. The molecule has 0 N–H and O–H groups in total. The van der Waals surface area contributed by atoms with E-state index in [0.717, 1.165) is 17.0 Å². The lowest BCUT2D eigenvalue weighted by molar-refractivity contribution is 0.111. The third-order valence-electron chi connectivity index (χ3n) is 2.36. The van der Waals surface area contributed by atoms with Crippen molar-refractivity contribution in [3.05, 3.63) is 39.6 Å². The highest BCUT2D eigenvalue weighted by Crippen LogP contribution is 2.17. The maximum atomic E-state index is 10.7. The Balaban J connectivity index is 2.25. The minimum Gasteiger partial charge on any atom is -0.338 e. The second-order valence-electron chi connectivity index (χ2n) is 3.43. The molecule has 0 fully saturated rings. The van der Waals surface area contributed by atoms with Crippen molar-refractivity contribution in [3.8, 4) is 0 Å². The highest BCUT2D eigenvalue weighted by Gasteiger charge is 2.06. The first kappa shape index (κ1) is 10.1. The van der Waals surface area contributed by atoms with E-state index in [0.29, 0.717) is 12.2 Å². The van der Waals surface area contributed by atoms with E-state index in [2.05, 4.69) is 11.9 Å². The van der Waals surface area contributed by atoms with Gasteiger partial charge in [-0.15, -0.1) is 11.3 Å². The van der Waals surface area contributed by atoms with Crippen molar-refractivity contribution in [1.29, 1.82) is 0 Å². The zero-order chi connectivity index (χ0) is 10.8. The number of aryl methyl sites for hydroxylation is 2. The Morgan fingerprint density at radius 2 is 2.33 bits per heavy atom. The summed E-state index contributed by atoms with van der Waals surface area (Å²) >= 11 is 1.68. The Morgan fingerprint density at radius 1 is 1.53 bits per heavy atom. The van der Waals surface area contributed by atoms with Crippen LogP contribution in [0.3, 0.4) is 0 Å². The Kier molecular flexibility index (Phi) is 2.68. The number of aromatic nitrogens is 2. The third kappa shape index (κ3) is 1.99. The summed E-state index contributed by atoms with van der Waals surface area (Å²) in [5, 5.41) is 1.05. The van der Waals surface area contributed by atoms with Crippen molar-refractivity contribution in [2.24, 2.45) is 0 Å². The largest absolute Gasteiger partial charge is 0.338 e. The second-order valence-corrected chi connectivity index (χ2v) is 4.72. The summed E-state index contributed by atoms with van der Waals surface area (Å²) < 4.78 is 1.91. The number of carbonyl (C=O) groups is 1. The molecule has 78 valence electrons. The quantitative estimate of drug-likeness (QED) is 0.744. The third-order valence-corrected chi connectivity index (χ3v) is 3.42. The topological polar surface area (TPSA) is 34.9 Å². The van der Waals surface area contributed by atoms with Crippen LogP contribution in [0, 0.1) is 13.8 Å². The molecule has 0 unspecified atom stereocenters. The van der Waals surface area contributed by atoms with E-state index in [9.17, 15) is 4.79 Å². The smallest absolute Gasteiger partial charge is 0.166 e. The lowest BCUT2D eigenvalue weighted by atomic mass is 10.4. The molecule has 0 aromatic carbocycles. The normalized spacial score (nSPS) is 10.5. The molecule has 15 heavy (non-hydrogen) atoms. The summed E-state index contributed by atoms with van der Waals surface area (Å²) in [6.07, 6.45) is 2.77. The minimum atomic E-state index is 0.681. The molecule has 0 spiro atoms. The first-order chi connectivity index (χ1) is 7.20. The van der Waals surface area contributed by atoms with Crippen LogP contribution in [0.5, 0.6) is 0 Å². The van der Waals surface area contributed by atoms with Gasteiger partial charge in [-0.25, -0.2) is 4.98 Å². The Bertz CT molecular complexity index is 465. The number of hydrogen-bond acceptors (Lipinski definition) is 3. The van der Waals surface area contributed by atoms with Gasteiger partial charge in [0.15, 0.2) is 6.29 Å². The summed E-state index contributed by atoms with van der Waals surface area (Å²) in [5.74, 6) is 0. The van der Waals surface area contributed by atoms with Crippen molar-refractivity contribution in [1.82, 2.24) is 9.55 Å². The van der Waals surface area contributed by atoms with E-state index >= 15 is 0 Å². The van der Waals surface area contributed by atoms with Gasteiger partial charge in [0.1, 0.15) is 5.01 Å². The predicted octanol–water partition coefficient (Wildman–Crippen LogP) is 2.42. The van der Waals surface area contributed by atoms with Crippen molar-refractivity contribution in [3.63, 3.8) is 0 Å². The molecule has 0 saturated heterocycles. The molecule has 2 heterocycles. The molecule has 0 aliphatic heterocycles. The van der Waals surface area contributed by atoms with E-state index in [-0.39, 0.29) is 0 Å². The predicted molar refractivity (Wildman–Crippen MR) is 60.5 cm³/mol. The SMILES string of the molecule is Cc1nc(Cn2cccc2C=O)sc1C. The molecule has 0 saturated carbocycles. The van der Waals surface area contributed by atoms with Gasteiger partial charge >= 0.3 is 0 Å². The molecule has 3 nitrogen and oxygen atoms in total. The van der Waals surface area contributed by atoms with Gasteiger partial charge in [-0.3, -0.25) is 4.79 Å². The maximum Gasteiger partial charge on any atom is 0.166 e. The van der Waals surface area contributed by atoms with Crippen LogP contribution in [0.1, 0.15) is 26.1 Å². The monoisotopic (exact) mass is 220 g/mol. The molecule has 0 radical (unpaired) electrons. The summed E-state index contributed by atoms with van der Waals surface area (Å²) in [4.78, 5) is 16.4. The average Bonchev–Trinajstić information content (AvgIpc) is 2.75. The van der Waals surface area contributed by atoms with Crippen molar-refractivity contribution < 1.29 is 4.79 Å². The van der Waals surface area contributed by atoms with Crippen LogP contribution in [0.25, 0.3) is 0 Å². The summed E-state index contributed by atoms with van der Waals surface area (Å²) in [5.41, 5.74) is 1.77. The van der Waals surface area contributed by atoms with E-state index in [4.69, 9.17) is 0 Å². The maximum absolute atomic E-state index is 10.7. The van der Waals surface area contributed by atoms with Crippen molar-refractivity contribution in [2.45, 2.75) is 20.4 Å². The standard InChI is InChI=1S/C11H12N2OS/c1-8-9(2)15-11(12-8)6-13-5-3-4-10(13)7-14/h3-5,7H,6H2,1-2H3. The van der Waals surface area contributed by atoms with Crippen molar-refractivity contribution in [2.75, 3.05) is 0 Å². The van der Waals surface area contributed by atoms with Gasteiger partial charge in [-0.2, -0.15) is 0 Å². The number of hydrogen-bond donors (Lipinski definition) is 0. The molecular formula is C11H12N2OS. The van der Waals surface area contributed by atoms with Gasteiger partial charge in [0.05, 0.1) is 17.9 Å². The summed E-state index contributed by atoms with van der Waals surface area (Å²) in [6, 6.07) is 3.68. The molecule has 2 aromatic heterocycles. The Hall–Kier alpha value is -1.42. The lowest BCUT2D eigenvalue weighted by Crippen LogP contribution is -2.01. The van der Waals surface area contributed by atoms with E-state index in [1.807, 2.05) is 23.8 Å². The fraction of sp³-hybridized carbons (Fsp3) is 0.273. The highest BCUT2D eigenvalue weighted by molar-refractivity contribution is 7.11. The molecule has 2 rings (SSSR count). The fourth-order valence-electron chi connectivity index (χ4n) is 1.43. The van der Waals surface area contributed by atoms with Crippen LogP contribution in [0.15, 0.2) is 18.3 Å². The molecule has 0 atom stereocenters. The van der Waals surface area contributed by atoms with E-state index in [1.165, 1.54) is 4.88 Å². The summed E-state index contributed by atoms with van der Waals surface area (Å²) in [6.45, 7) is 4.75. The molecule has 2 aromatic rings. The lowest BCUT2D eigenvalue weighted by Gasteiger charge is -2.01. The van der Waals surface area contributed by atoms with Crippen molar-refractivity contribution >= 4 is 17.6 Å². The first-order valence-electron chi connectivity index (χ1n) is 4.74. The van der Waals surface area contributed by atoms with Gasteiger partial charge < -0.3 is 4.57 Å². The molecule has 0 amide bonds. The van der Waals surface area contributed by atoms with Crippen LogP contribution in [-0.2, 0) is 6.54 Å². The number of thiazole rings is 1. The second kappa shape index (κ2) is 3.98. The van der Waals surface area contributed by atoms with Crippen LogP contribution in [-0.4, -0.2) is 15.8 Å². The van der Waals surface area contributed by atoms with Gasteiger partial charge in [-0.1, -0.05) is 0 Å². The molecule has 4 heteroatoms. The number of nitrogens with zero attached hydrogens (tertiary/aromatic N) is 2. The molecule has 0 aliphatic rings. The van der Waals surface area contributed by atoms with Crippen LogP contribution < -0.4 is 0 Å². The zero-order valence-electron chi connectivity index (χ0n) is 8.73. The van der Waals surface area contributed by atoms with Gasteiger partial charge in [0.2, 0.25) is 0 Å². The van der Waals surface area contributed by atoms with Crippen LogP contribution >= 0.6 is 11.3 Å². The van der Waals surface area contributed by atoms with Crippen LogP contribution in [0.2, 0.25) is 0 Å². The van der Waals surface area contributed by atoms with E-state index < -0.39 is 0 Å². The Labute approximate surface area is 92.4 Å². The molecule has 0 bridgehead atoms. The highest BCUT2D eigenvalue weighted by atomic mass is 32.1. The van der Waals surface area contributed by atoms with Gasteiger partial charge in [0, 0.05) is 11.1 Å². The van der Waals surface area contributed by atoms with E-state index in [1.54, 1.807) is 17.4 Å². The zero-order valence-corrected chi connectivity index (χ0v) is 9.54. The van der Waals surface area contributed by atoms with Crippen LogP contribution in [0.4, 0.5) is 0 Å². The van der Waals surface area contributed by atoms with Gasteiger partial charge in [0.25, 0.3) is 0 Å². The van der Waals surface area contributed by atoms with Gasteiger partial charge in [-0.05, 0) is 26.0 Å². The number of rotatable bonds is 3. The average molecular weight is 220 g/mol. The fourth-order valence-corrected chi connectivity index (χ4v) is 2.36. The number of aldehydes is 1. The molecule has 0 aliphatic carbocycles. The molecular weight excluding hydrogens is 208 g/mol. The minimum absolute atomic E-state index is 0.681.